The van der Waals surface area contributed by atoms with E-state index in [-0.39, 0.29) is 12.3 Å². The first-order chi connectivity index (χ1) is 17.9. The van der Waals surface area contributed by atoms with E-state index in [1.54, 1.807) is 12.2 Å². The molecule has 0 aliphatic carbocycles. The fourth-order valence-electron chi connectivity index (χ4n) is 3.41. The third-order valence-corrected chi connectivity index (χ3v) is 5.06. The Morgan fingerprint density at radius 1 is 0.868 bits per heavy atom. The standard InChI is InChI=1S/C24H35NO13/c1-13(9-8-10-20(30)32-7)18(31-6)11-25-38-24-23(36-17(5)29)22(35-16(4)28)21(34-15(3)27)19(37-24)12-33-14(2)26/h8-9,11,13,18-19,21-24H,10,12H2,1-7H3/b9-8-,25-11-/t13-,18-,19-,21+,22+,23-,24+/m1/s1. The molecule has 1 aliphatic rings. The van der Waals surface area contributed by atoms with Crippen LogP contribution in [0.5, 0.6) is 0 Å². The molecule has 0 saturated carbocycles. The summed E-state index contributed by atoms with van der Waals surface area (Å²) in [5.41, 5.74) is 0. The van der Waals surface area contributed by atoms with Gasteiger partial charge in [-0.25, -0.2) is 0 Å². The maximum atomic E-state index is 11.9. The van der Waals surface area contributed by atoms with Crippen LogP contribution in [0.15, 0.2) is 17.3 Å². The van der Waals surface area contributed by atoms with Gasteiger partial charge in [-0.2, -0.15) is 0 Å². The number of hydrogen-bond acceptors (Lipinski definition) is 14. The first-order valence-corrected chi connectivity index (χ1v) is 11.7. The smallest absolute Gasteiger partial charge is 0.309 e. The Morgan fingerprint density at radius 2 is 1.45 bits per heavy atom. The van der Waals surface area contributed by atoms with Gasteiger partial charge in [0.25, 0.3) is 6.29 Å². The van der Waals surface area contributed by atoms with Crippen LogP contribution in [0, 0.1) is 5.92 Å². The average Bonchev–Trinajstić information content (AvgIpc) is 2.82. The van der Waals surface area contributed by atoms with Crippen molar-refractivity contribution in [1.82, 2.24) is 0 Å². The van der Waals surface area contributed by atoms with Crippen molar-refractivity contribution in [3.8, 4) is 0 Å². The predicted molar refractivity (Wildman–Crippen MR) is 127 cm³/mol. The molecule has 7 atom stereocenters. The van der Waals surface area contributed by atoms with Crippen LogP contribution >= 0.6 is 0 Å². The molecule has 1 aliphatic heterocycles. The molecule has 0 aromatic rings. The minimum Gasteiger partial charge on any atom is -0.469 e. The number of ether oxygens (including phenoxy) is 7. The molecule has 0 aromatic carbocycles. The van der Waals surface area contributed by atoms with Gasteiger partial charge in [0.1, 0.15) is 18.8 Å². The third kappa shape index (κ3) is 11.3. The number of esters is 5. The van der Waals surface area contributed by atoms with Gasteiger partial charge in [-0.1, -0.05) is 24.2 Å². The van der Waals surface area contributed by atoms with Crippen LogP contribution in [0.4, 0.5) is 0 Å². The Hall–Kier alpha value is -3.52. The fraction of sp³-hybridized carbons (Fsp3) is 0.667. The zero-order valence-corrected chi connectivity index (χ0v) is 22.4. The summed E-state index contributed by atoms with van der Waals surface area (Å²) < 4.78 is 36.7. The van der Waals surface area contributed by atoms with E-state index < -0.39 is 73.3 Å². The highest BCUT2D eigenvalue weighted by Crippen LogP contribution is 2.30. The molecular weight excluding hydrogens is 510 g/mol. The summed E-state index contributed by atoms with van der Waals surface area (Å²) in [5, 5.41) is 3.89. The molecule has 0 aromatic heterocycles. The summed E-state index contributed by atoms with van der Waals surface area (Å²) in [6.07, 6.45) is -2.60. The number of rotatable bonds is 13. The average molecular weight is 546 g/mol. The molecular formula is C24H35NO13. The number of carbonyl (C=O) groups is 5. The van der Waals surface area contributed by atoms with Crippen LogP contribution in [0.3, 0.4) is 0 Å². The molecule has 0 amide bonds. The topological polar surface area (TPSA) is 172 Å². The highest BCUT2D eigenvalue weighted by molar-refractivity contribution is 5.71. The first kappa shape index (κ1) is 32.5. The molecule has 0 N–H and O–H groups in total. The molecule has 14 heteroatoms. The maximum absolute atomic E-state index is 11.9. The molecule has 1 rings (SSSR count). The number of carbonyl (C=O) groups excluding carboxylic acids is 5. The van der Waals surface area contributed by atoms with Gasteiger partial charge in [0, 0.05) is 40.7 Å². The lowest BCUT2D eigenvalue weighted by Gasteiger charge is -2.42. The van der Waals surface area contributed by atoms with E-state index in [2.05, 4.69) is 9.89 Å². The quantitative estimate of drug-likeness (QED) is 0.105. The molecule has 0 bridgehead atoms. The van der Waals surface area contributed by atoms with Gasteiger partial charge in [0.05, 0.1) is 19.7 Å². The van der Waals surface area contributed by atoms with E-state index in [1.807, 2.05) is 6.92 Å². The maximum Gasteiger partial charge on any atom is 0.309 e. The second-order valence-corrected chi connectivity index (χ2v) is 8.20. The predicted octanol–water partition coefficient (Wildman–Crippen LogP) is 0.842. The Bertz CT molecular complexity index is 887. The summed E-state index contributed by atoms with van der Waals surface area (Å²) in [6.45, 7) is 5.91. The van der Waals surface area contributed by atoms with E-state index in [9.17, 15) is 24.0 Å². The van der Waals surface area contributed by atoms with Crippen LogP contribution in [-0.4, -0.2) is 93.7 Å². The molecule has 38 heavy (non-hydrogen) atoms. The lowest BCUT2D eigenvalue weighted by molar-refractivity contribution is -0.308. The summed E-state index contributed by atoms with van der Waals surface area (Å²) in [5.74, 6) is -3.58. The third-order valence-electron chi connectivity index (χ3n) is 5.06. The van der Waals surface area contributed by atoms with E-state index in [0.717, 1.165) is 20.8 Å². The van der Waals surface area contributed by atoms with Gasteiger partial charge in [-0.05, 0) is 0 Å². The van der Waals surface area contributed by atoms with Crippen molar-refractivity contribution in [3.05, 3.63) is 12.2 Å². The van der Waals surface area contributed by atoms with E-state index >= 15 is 0 Å². The number of methoxy groups -OCH3 is 2. The summed E-state index contributed by atoms with van der Waals surface area (Å²) in [7, 11) is 2.73. The Morgan fingerprint density at radius 3 is 1.97 bits per heavy atom. The number of hydrogen-bond donors (Lipinski definition) is 0. The second-order valence-electron chi connectivity index (χ2n) is 8.20. The van der Waals surface area contributed by atoms with Crippen molar-refractivity contribution < 1.29 is 62.0 Å². The van der Waals surface area contributed by atoms with E-state index in [4.69, 9.17) is 33.3 Å². The normalized spacial score (nSPS) is 24.8. The van der Waals surface area contributed by atoms with Crippen molar-refractivity contribution in [2.45, 2.75) is 77.8 Å². The summed E-state index contributed by atoms with van der Waals surface area (Å²) >= 11 is 0. The minimum absolute atomic E-state index is 0.0790. The lowest BCUT2D eigenvalue weighted by Crippen LogP contribution is -2.62. The highest BCUT2D eigenvalue weighted by Gasteiger charge is 2.53. The van der Waals surface area contributed by atoms with Crippen molar-refractivity contribution in [3.63, 3.8) is 0 Å². The zero-order chi connectivity index (χ0) is 28.8. The van der Waals surface area contributed by atoms with Gasteiger partial charge in [-0.15, -0.1) is 0 Å². The fourth-order valence-corrected chi connectivity index (χ4v) is 3.41. The molecule has 0 radical (unpaired) electrons. The minimum atomic E-state index is -1.46. The summed E-state index contributed by atoms with van der Waals surface area (Å²) in [6, 6.07) is 0. The van der Waals surface area contributed by atoms with E-state index in [1.165, 1.54) is 27.4 Å². The monoisotopic (exact) mass is 545 g/mol. The molecule has 1 fully saturated rings. The van der Waals surface area contributed by atoms with Gasteiger partial charge >= 0.3 is 29.8 Å². The van der Waals surface area contributed by atoms with Gasteiger partial charge in [-0.3, -0.25) is 24.0 Å². The van der Waals surface area contributed by atoms with Crippen LogP contribution in [0.25, 0.3) is 0 Å². The van der Waals surface area contributed by atoms with Crippen molar-refractivity contribution in [2.75, 3.05) is 20.8 Å². The molecule has 1 saturated heterocycles. The first-order valence-electron chi connectivity index (χ1n) is 11.7. The van der Waals surface area contributed by atoms with Gasteiger partial charge in [0.2, 0.25) is 6.10 Å². The van der Waals surface area contributed by atoms with Crippen molar-refractivity contribution in [1.29, 1.82) is 0 Å². The van der Waals surface area contributed by atoms with Crippen LogP contribution < -0.4 is 0 Å². The molecule has 1 heterocycles. The van der Waals surface area contributed by atoms with Crippen LogP contribution in [-0.2, 0) is 62.0 Å². The summed E-state index contributed by atoms with van der Waals surface area (Å²) in [4.78, 5) is 63.6. The Balaban J connectivity index is 3.21. The highest BCUT2D eigenvalue weighted by atomic mass is 16.8. The van der Waals surface area contributed by atoms with Crippen LogP contribution in [0.2, 0.25) is 0 Å². The van der Waals surface area contributed by atoms with E-state index in [0.29, 0.717) is 0 Å². The number of oxime groups is 1. The van der Waals surface area contributed by atoms with Gasteiger partial charge < -0.3 is 38.0 Å². The Kier molecular flexibility index (Phi) is 14.0. The zero-order valence-electron chi connectivity index (χ0n) is 22.4. The van der Waals surface area contributed by atoms with Crippen molar-refractivity contribution in [2.24, 2.45) is 11.1 Å². The molecule has 0 unspecified atom stereocenters. The SMILES string of the molecule is COC(=O)C/C=C\[C@@H](C)[C@@H](/C=N\O[C@@H]1O[C@H](COC(C)=O)[C@H](OC(C)=O)[C@H](OC(C)=O)[C@H]1OC(C)=O)OC. The lowest BCUT2D eigenvalue weighted by atomic mass is 9.98. The largest absolute Gasteiger partial charge is 0.469 e. The molecule has 0 spiro atoms. The van der Waals surface area contributed by atoms with Crippen LogP contribution in [0.1, 0.15) is 41.0 Å². The number of nitrogens with zero attached hydrogens (tertiary/aromatic N) is 1. The molecule has 214 valence electrons. The Labute approximate surface area is 220 Å². The van der Waals surface area contributed by atoms with Gasteiger partial charge in [0.15, 0.2) is 12.2 Å². The second kappa shape index (κ2) is 16.3. The molecule has 14 nitrogen and oxygen atoms in total. The van der Waals surface area contributed by atoms with Crippen molar-refractivity contribution >= 4 is 36.1 Å².